The van der Waals surface area contributed by atoms with Crippen LogP contribution >= 0.6 is 0 Å². The molecule has 94 valence electrons. The number of pyridine rings is 1. The fraction of sp³-hybridized carbons (Fsp3) is 0.286. The molecule has 0 fully saturated rings. The van der Waals surface area contributed by atoms with E-state index >= 15 is 0 Å². The van der Waals surface area contributed by atoms with Gasteiger partial charge in [-0.3, -0.25) is 9.78 Å². The van der Waals surface area contributed by atoms with Crippen LogP contribution in [0.2, 0.25) is 0 Å². The number of benzene rings is 1. The first-order valence-corrected chi connectivity index (χ1v) is 5.97. The van der Waals surface area contributed by atoms with E-state index < -0.39 is 0 Å². The minimum Gasteiger partial charge on any atom is -0.340 e. The lowest BCUT2D eigenvalue weighted by Crippen LogP contribution is -2.32. The van der Waals surface area contributed by atoms with E-state index in [9.17, 15) is 4.79 Å². The molecular weight excluding hydrogens is 226 g/mol. The van der Waals surface area contributed by atoms with Gasteiger partial charge in [0.2, 0.25) is 0 Å². The van der Waals surface area contributed by atoms with Gasteiger partial charge in [0.05, 0.1) is 0 Å². The van der Waals surface area contributed by atoms with E-state index in [0.717, 1.165) is 22.9 Å². The van der Waals surface area contributed by atoms with Gasteiger partial charge in [0.25, 0.3) is 5.91 Å². The van der Waals surface area contributed by atoms with Crippen molar-refractivity contribution in [1.82, 2.24) is 15.2 Å². The summed E-state index contributed by atoms with van der Waals surface area (Å²) in [5.74, 6) is 0.0436. The number of hydrogen-bond donors (Lipinski definition) is 1. The standard InChI is InChI=1S/C14H17N3O/c1-15-8-9-17(2)14(18)13-5-3-4-11-10-16-7-6-12(11)13/h3-7,10,15H,8-9H2,1-2H3. The lowest BCUT2D eigenvalue weighted by Gasteiger charge is -2.17. The van der Waals surface area contributed by atoms with Gasteiger partial charge < -0.3 is 10.2 Å². The number of nitrogens with one attached hydrogen (secondary N) is 1. The predicted octanol–water partition coefficient (Wildman–Crippen LogP) is 1.53. The van der Waals surface area contributed by atoms with Crippen molar-refractivity contribution in [3.05, 3.63) is 42.2 Å². The highest BCUT2D eigenvalue weighted by Gasteiger charge is 2.13. The maximum absolute atomic E-state index is 12.3. The number of rotatable bonds is 4. The maximum atomic E-state index is 12.3. The molecular formula is C14H17N3O. The highest BCUT2D eigenvalue weighted by molar-refractivity contribution is 6.06. The van der Waals surface area contributed by atoms with Crippen molar-refractivity contribution in [3.63, 3.8) is 0 Å². The lowest BCUT2D eigenvalue weighted by molar-refractivity contribution is 0.0799. The Bertz CT molecular complexity index is 548. The van der Waals surface area contributed by atoms with Crippen LogP contribution in [0.4, 0.5) is 0 Å². The normalized spacial score (nSPS) is 10.6. The Morgan fingerprint density at radius 3 is 3.00 bits per heavy atom. The molecule has 0 aliphatic heterocycles. The first-order valence-electron chi connectivity index (χ1n) is 5.97. The molecule has 4 heteroatoms. The van der Waals surface area contributed by atoms with Gasteiger partial charge >= 0.3 is 0 Å². The smallest absolute Gasteiger partial charge is 0.254 e. The number of carbonyl (C=O) groups excluding carboxylic acids is 1. The van der Waals surface area contributed by atoms with Crippen molar-refractivity contribution in [3.8, 4) is 0 Å². The zero-order valence-electron chi connectivity index (χ0n) is 10.7. The molecule has 4 nitrogen and oxygen atoms in total. The fourth-order valence-electron chi connectivity index (χ4n) is 1.90. The van der Waals surface area contributed by atoms with Gasteiger partial charge in [-0.15, -0.1) is 0 Å². The molecule has 1 N–H and O–H groups in total. The summed E-state index contributed by atoms with van der Waals surface area (Å²) in [6.07, 6.45) is 3.49. The second kappa shape index (κ2) is 5.60. The van der Waals surface area contributed by atoms with Crippen molar-refractivity contribution < 1.29 is 4.79 Å². The quantitative estimate of drug-likeness (QED) is 0.885. The largest absolute Gasteiger partial charge is 0.340 e. The van der Waals surface area contributed by atoms with Crippen LogP contribution in [0.3, 0.4) is 0 Å². The van der Waals surface area contributed by atoms with Crippen molar-refractivity contribution in [2.75, 3.05) is 27.2 Å². The van der Waals surface area contributed by atoms with Crippen molar-refractivity contribution in [2.24, 2.45) is 0 Å². The molecule has 0 saturated carbocycles. The van der Waals surface area contributed by atoms with Crippen LogP contribution in [0.5, 0.6) is 0 Å². The van der Waals surface area contributed by atoms with Gasteiger partial charge in [0.1, 0.15) is 0 Å². The maximum Gasteiger partial charge on any atom is 0.254 e. The zero-order valence-corrected chi connectivity index (χ0v) is 10.7. The summed E-state index contributed by atoms with van der Waals surface area (Å²) in [5, 5.41) is 4.98. The van der Waals surface area contributed by atoms with E-state index in [1.807, 2.05) is 38.4 Å². The molecule has 0 saturated heterocycles. The van der Waals surface area contributed by atoms with Crippen LogP contribution in [-0.4, -0.2) is 43.0 Å². The molecule has 0 aliphatic carbocycles. The molecule has 2 aromatic rings. The van der Waals surface area contributed by atoms with Crippen LogP contribution in [0.15, 0.2) is 36.7 Å². The molecule has 18 heavy (non-hydrogen) atoms. The van der Waals surface area contributed by atoms with Gasteiger partial charge in [-0.1, -0.05) is 12.1 Å². The van der Waals surface area contributed by atoms with Crippen LogP contribution in [0.1, 0.15) is 10.4 Å². The monoisotopic (exact) mass is 243 g/mol. The summed E-state index contributed by atoms with van der Waals surface area (Å²) in [6, 6.07) is 7.60. The van der Waals surface area contributed by atoms with Gasteiger partial charge in [-0.05, 0) is 24.6 Å². The van der Waals surface area contributed by atoms with Crippen LogP contribution in [0, 0.1) is 0 Å². The van der Waals surface area contributed by atoms with Gasteiger partial charge in [0, 0.05) is 43.5 Å². The topological polar surface area (TPSA) is 45.2 Å². The average Bonchev–Trinajstić information content (AvgIpc) is 2.43. The lowest BCUT2D eigenvalue weighted by atomic mass is 10.1. The first-order chi connectivity index (χ1) is 8.74. The van der Waals surface area contributed by atoms with Crippen LogP contribution < -0.4 is 5.32 Å². The van der Waals surface area contributed by atoms with Crippen molar-refractivity contribution in [1.29, 1.82) is 0 Å². The Balaban J connectivity index is 2.33. The summed E-state index contributed by atoms with van der Waals surface area (Å²) in [5.41, 5.74) is 0.730. The van der Waals surface area contributed by atoms with Gasteiger partial charge in [0.15, 0.2) is 0 Å². The Kier molecular flexibility index (Phi) is 3.89. The summed E-state index contributed by atoms with van der Waals surface area (Å²) < 4.78 is 0. The number of amides is 1. The highest BCUT2D eigenvalue weighted by atomic mass is 16.2. The Morgan fingerprint density at radius 2 is 2.22 bits per heavy atom. The summed E-state index contributed by atoms with van der Waals surface area (Å²) in [7, 11) is 3.70. The van der Waals surface area contributed by atoms with E-state index in [4.69, 9.17) is 0 Å². The number of hydrogen-bond acceptors (Lipinski definition) is 3. The number of aromatic nitrogens is 1. The zero-order chi connectivity index (χ0) is 13.0. The SMILES string of the molecule is CNCCN(C)C(=O)c1cccc2cnccc12. The molecule has 1 amide bonds. The van der Waals surface area contributed by atoms with Crippen molar-refractivity contribution >= 4 is 16.7 Å². The van der Waals surface area contributed by atoms with E-state index in [1.165, 1.54) is 0 Å². The second-order valence-corrected chi connectivity index (χ2v) is 4.23. The highest BCUT2D eigenvalue weighted by Crippen LogP contribution is 2.18. The van der Waals surface area contributed by atoms with E-state index in [2.05, 4.69) is 10.3 Å². The third-order valence-corrected chi connectivity index (χ3v) is 2.96. The Morgan fingerprint density at radius 1 is 1.39 bits per heavy atom. The molecule has 0 radical (unpaired) electrons. The molecule has 1 heterocycles. The summed E-state index contributed by atoms with van der Waals surface area (Å²) in [6.45, 7) is 1.48. The van der Waals surface area contributed by atoms with Gasteiger partial charge in [-0.25, -0.2) is 0 Å². The molecule has 2 rings (SSSR count). The van der Waals surface area contributed by atoms with E-state index in [0.29, 0.717) is 6.54 Å². The minimum absolute atomic E-state index is 0.0436. The second-order valence-electron chi connectivity index (χ2n) is 4.23. The molecule has 0 aliphatic rings. The van der Waals surface area contributed by atoms with Gasteiger partial charge in [-0.2, -0.15) is 0 Å². The minimum atomic E-state index is 0.0436. The van der Waals surface area contributed by atoms with Crippen molar-refractivity contribution in [2.45, 2.75) is 0 Å². The number of fused-ring (bicyclic) bond motifs is 1. The summed E-state index contributed by atoms with van der Waals surface area (Å²) >= 11 is 0. The third kappa shape index (κ3) is 2.49. The predicted molar refractivity (Wildman–Crippen MR) is 72.6 cm³/mol. The number of nitrogens with zero attached hydrogens (tertiary/aromatic N) is 2. The fourth-order valence-corrected chi connectivity index (χ4v) is 1.90. The van der Waals surface area contributed by atoms with E-state index in [1.54, 1.807) is 17.3 Å². The number of carbonyl (C=O) groups is 1. The number of likely N-dealkylation sites (N-methyl/N-ethyl adjacent to an activating group) is 2. The molecule has 0 spiro atoms. The first kappa shape index (κ1) is 12.5. The molecule has 1 aromatic heterocycles. The Labute approximate surface area is 107 Å². The Hall–Kier alpha value is -1.94. The molecule has 0 atom stereocenters. The average molecular weight is 243 g/mol. The molecule has 1 aromatic carbocycles. The summed E-state index contributed by atoms with van der Waals surface area (Å²) in [4.78, 5) is 18.1. The third-order valence-electron chi connectivity index (χ3n) is 2.96. The van der Waals surface area contributed by atoms with Crippen LogP contribution in [0.25, 0.3) is 10.8 Å². The molecule has 0 unspecified atom stereocenters. The van der Waals surface area contributed by atoms with E-state index in [-0.39, 0.29) is 5.91 Å². The van der Waals surface area contributed by atoms with Crippen LogP contribution in [-0.2, 0) is 0 Å². The molecule has 0 bridgehead atoms.